The zero-order valence-electron chi connectivity index (χ0n) is 11.2. The predicted octanol–water partition coefficient (Wildman–Crippen LogP) is 5.83. The van der Waals surface area contributed by atoms with Crippen molar-refractivity contribution >= 4 is 34.3 Å². The predicted molar refractivity (Wildman–Crippen MR) is 87.4 cm³/mol. The van der Waals surface area contributed by atoms with Crippen LogP contribution in [0.4, 0.5) is 0 Å². The van der Waals surface area contributed by atoms with Crippen molar-refractivity contribution in [2.45, 2.75) is 18.4 Å². The summed E-state index contributed by atoms with van der Waals surface area (Å²) in [5.74, 6) is 2.92. The summed E-state index contributed by atoms with van der Waals surface area (Å²) in [6.45, 7) is 2.10. The minimum Gasteiger partial charge on any atom is -0.460 e. The molecule has 1 heterocycles. The third-order valence-corrected chi connectivity index (χ3v) is 4.58. The van der Waals surface area contributed by atoms with Crippen molar-refractivity contribution in [3.05, 3.63) is 70.4 Å². The molecule has 0 amide bonds. The summed E-state index contributed by atoms with van der Waals surface area (Å²) in [5, 5.41) is 1.87. The van der Waals surface area contributed by atoms with E-state index >= 15 is 0 Å². The van der Waals surface area contributed by atoms with Crippen molar-refractivity contribution in [3.63, 3.8) is 0 Å². The highest BCUT2D eigenvalue weighted by Gasteiger charge is 2.10. The van der Waals surface area contributed by atoms with Crippen LogP contribution >= 0.6 is 23.4 Å². The van der Waals surface area contributed by atoms with E-state index in [4.69, 9.17) is 16.0 Å². The summed E-state index contributed by atoms with van der Waals surface area (Å²) >= 11 is 7.90. The molecular formula is C17H15ClOS. The summed E-state index contributed by atoms with van der Waals surface area (Å²) in [6.07, 6.45) is 0. The number of fused-ring (bicyclic) bond motifs is 1. The standard InChI is InChI=1S/C17H15ClOS/c1-12-15-9-14(18)7-8-16(15)19-17(12)11-20-10-13-5-3-2-4-6-13/h2-9H,10-11H2,1H3. The second-order valence-corrected chi connectivity index (χ2v) is 6.19. The van der Waals surface area contributed by atoms with Crippen molar-refractivity contribution in [2.75, 3.05) is 0 Å². The van der Waals surface area contributed by atoms with Gasteiger partial charge in [-0.25, -0.2) is 0 Å². The van der Waals surface area contributed by atoms with E-state index < -0.39 is 0 Å². The Morgan fingerprint density at radius 1 is 1.05 bits per heavy atom. The monoisotopic (exact) mass is 302 g/mol. The van der Waals surface area contributed by atoms with Crippen LogP contribution in [-0.4, -0.2) is 0 Å². The molecule has 0 aliphatic rings. The average molecular weight is 303 g/mol. The van der Waals surface area contributed by atoms with Crippen LogP contribution in [0, 0.1) is 6.92 Å². The van der Waals surface area contributed by atoms with Crippen molar-refractivity contribution in [3.8, 4) is 0 Å². The van der Waals surface area contributed by atoms with Gasteiger partial charge >= 0.3 is 0 Å². The summed E-state index contributed by atoms with van der Waals surface area (Å²) in [7, 11) is 0. The fourth-order valence-corrected chi connectivity index (χ4v) is 3.38. The maximum atomic E-state index is 6.04. The third kappa shape index (κ3) is 2.87. The molecule has 0 unspecified atom stereocenters. The number of aryl methyl sites for hydroxylation is 1. The highest BCUT2D eigenvalue weighted by atomic mass is 35.5. The molecular weight excluding hydrogens is 288 g/mol. The van der Waals surface area contributed by atoms with Gasteiger partial charge in [-0.1, -0.05) is 41.9 Å². The molecule has 1 nitrogen and oxygen atoms in total. The minimum absolute atomic E-state index is 0.755. The van der Waals surface area contributed by atoms with Crippen molar-refractivity contribution in [1.82, 2.24) is 0 Å². The number of hydrogen-bond donors (Lipinski definition) is 0. The first-order valence-electron chi connectivity index (χ1n) is 6.53. The minimum atomic E-state index is 0.755. The van der Waals surface area contributed by atoms with E-state index in [9.17, 15) is 0 Å². The van der Waals surface area contributed by atoms with Gasteiger partial charge in [-0.3, -0.25) is 0 Å². The molecule has 3 heteroatoms. The van der Waals surface area contributed by atoms with Gasteiger partial charge in [-0.15, -0.1) is 11.8 Å². The van der Waals surface area contributed by atoms with E-state index in [0.29, 0.717) is 0 Å². The topological polar surface area (TPSA) is 13.1 Å². The zero-order chi connectivity index (χ0) is 13.9. The molecule has 0 saturated carbocycles. The van der Waals surface area contributed by atoms with Crippen LogP contribution in [0.2, 0.25) is 5.02 Å². The number of halogens is 1. The largest absolute Gasteiger partial charge is 0.460 e. The summed E-state index contributed by atoms with van der Waals surface area (Å²) in [6, 6.07) is 16.3. The second kappa shape index (κ2) is 5.94. The van der Waals surface area contributed by atoms with Crippen molar-refractivity contribution in [2.24, 2.45) is 0 Å². The van der Waals surface area contributed by atoms with Gasteiger partial charge < -0.3 is 4.42 Å². The summed E-state index contributed by atoms with van der Waals surface area (Å²) in [5.41, 5.74) is 3.46. The van der Waals surface area contributed by atoms with E-state index in [0.717, 1.165) is 33.3 Å². The maximum absolute atomic E-state index is 6.04. The number of benzene rings is 2. The first-order valence-corrected chi connectivity index (χ1v) is 8.06. The molecule has 1 aromatic heterocycles. The lowest BCUT2D eigenvalue weighted by Gasteiger charge is -2.00. The van der Waals surface area contributed by atoms with Crippen LogP contribution in [0.3, 0.4) is 0 Å². The number of furan rings is 1. The molecule has 0 saturated heterocycles. The molecule has 0 aliphatic heterocycles. The first kappa shape index (κ1) is 13.6. The lowest BCUT2D eigenvalue weighted by molar-refractivity contribution is 0.570. The SMILES string of the molecule is Cc1c(CSCc2ccccc2)oc2ccc(Cl)cc12. The van der Waals surface area contributed by atoms with Gasteiger partial charge in [0.05, 0.1) is 5.75 Å². The molecule has 0 radical (unpaired) electrons. The molecule has 0 N–H and O–H groups in total. The van der Waals surface area contributed by atoms with Crippen molar-refractivity contribution in [1.29, 1.82) is 0 Å². The molecule has 0 spiro atoms. The van der Waals surface area contributed by atoms with Gasteiger partial charge in [0.2, 0.25) is 0 Å². The van der Waals surface area contributed by atoms with Gasteiger partial charge in [0.25, 0.3) is 0 Å². The van der Waals surface area contributed by atoms with Gasteiger partial charge in [0, 0.05) is 16.2 Å². The van der Waals surface area contributed by atoms with Crippen LogP contribution in [0.25, 0.3) is 11.0 Å². The lowest BCUT2D eigenvalue weighted by Crippen LogP contribution is -1.83. The molecule has 20 heavy (non-hydrogen) atoms. The Kier molecular flexibility index (Phi) is 4.04. The number of rotatable bonds is 4. The van der Waals surface area contributed by atoms with Crippen LogP contribution < -0.4 is 0 Å². The van der Waals surface area contributed by atoms with Crippen LogP contribution in [0.5, 0.6) is 0 Å². The first-order chi connectivity index (χ1) is 9.74. The van der Waals surface area contributed by atoms with Gasteiger partial charge in [0.1, 0.15) is 11.3 Å². The lowest BCUT2D eigenvalue weighted by atomic mass is 10.1. The Morgan fingerprint density at radius 3 is 2.65 bits per heavy atom. The maximum Gasteiger partial charge on any atom is 0.134 e. The summed E-state index contributed by atoms with van der Waals surface area (Å²) in [4.78, 5) is 0. The van der Waals surface area contributed by atoms with Crippen LogP contribution in [0.1, 0.15) is 16.9 Å². The Bertz CT molecular complexity index is 718. The van der Waals surface area contributed by atoms with E-state index in [1.807, 2.05) is 36.0 Å². The van der Waals surface area contributed by atoms with E-state index in [1.54, 1.807) is 0 Å². The van der Waals surface area contributed by atoms with Gasteiger partial charge in [-0.05, 0) is 36.2 Å². The Labute approximate surface area is 127 Å². The second-order valence-electron chi connectivity index (χ2n) is 4.77. The smallest absolute Gasteiger partial charge is 0.134 e. The Hall–Kier alpha value is -1.38. The highest BCUT2D eigenvalue weighted by Crippen LogP contribution is 2.30. The Morgan fingerprint density at radius 2 is 1.85 bits per heavy atom. The van der Waals surface area contributed by atoms with Gasteiger partial charge in [-0.2, -0.15) is 0 Å². The van der Waals surface area contributed by atoms with E-state index in [1.165, 1.54) is 11.1 Å². The molecule has 3 rings (SSSR count). The van der Waals surface area contributed by atoms with Gasteiger partial charge in [0.15, 0.2) is 0 Å². The fraction of sp³-hybridized carbons (Fsp3) is 0.176. The number of hydrogen-bond acceptors (Lipinski definition) is 2. The molecule has 0 bridgehead atoms. The fourth-order valence-electron chi connectivity index (χ4n) is 2.22. The molecule has 0 aliphatic carbocycles. The van der Waals surface area contributed by atoms with E-state index in [2.05, 4.69) is 31.2 Å². The Balaban J connectivity index is 1.73. The summed E-state index contributed by atoms with van der Waals surface area (Å²) < 4.78 is 5.91. The molecule has 0 fully saturated rings. The molecule has 102 valence electrons. The molecule has 0 atom stereocenters. The quantitative estimate of drug-likeness (QED) is 0.601. The number of thioether (sulfide) groups is 1. The van der Waals surface area contributed by atoms with Crippen LogP contribution in [-0.2, 0) is 11.5 Å². The average Bonchev–Trinajstić information content (AvgIpc) is 2.77. The van der Waals surface area contributed by atoms with Crippen LogP contribution in [0.15, 0.2) is 52.9 Å². The highest BCUT2D eigenvalue weighted by molar-refractivity contribution is 7.97. The molecule has 2 aromatic carbocycles. The molecule has 3 aromatic rings. The van der Waals surface area contributed by atoms with Crippen molar-refractivity contribution < 1.29 is 4.42 Å². The zero-order valence-corrected chi connectivity index (χ0v) is 12.8. The normalized spacial score (nSPS) is 11.1. The van der Waals surface area contributed by atoms with E-state index in [-0.39, 0.29) is 0 Å². The third-order valence-electron chi connectivity index (χ3n) is 3.34.